The van der Waals surface area contributed by atoms with E-state index in [1.54, 1.807) is 19.1 Å². The van der Waals surface area contributed by atoms with E-state index in [2.05, 4.69) is 15.5 Å². The summed E-state index contributed by atoms with van der Waals surface area (Å²) in [4.78, 5) is 25.6. The molecule has 118 valence electrons. The number of imide groups is 1. The summed E-state index contributed by atoms with van der Waals surface area (Å²) in [5.41, 5.74) is 0.289. The fourth-order valence-electron chi connectivity index (χ4n) is 3.36. The number of hydrogen-bond donors (Lipinski definition) is 2. The average molecular weight is 305 g/mol. The van der Waals surface area contributed by atoms with Gasteiger partial charge in [-0.05, 0) is 56.5 Å². The number of benzene rings is 1. The molecule has 2 aliphatic heterocycles. The van der Waals surface area contributed by atoms with Crippen molar-refractivity contribution in [2.45, 2.75) is 31.8 Å². The summed E-state index contributed by atoms with van der Waals surface area (Å²) < 4.78 is 12.9. The van der Waals surface area contributed by atoms with Gasteiger partial charge in [0.25, 0.3) is 5.91 Å². The molecule has 0 radical (unpaired) electrons. The first-order valence-corrected chi connectivity index (χ1v) is 7.58. The normalized spacial score (nSPS) is 26.8. The lowest BCUT2D eigenvalue weighted by Crippen LogP contribution is -2.53. The van der Waals surface area contributed by atoms with Crippen LogP contribution in [0.1, 0.15) is 25.3 Å². The van der Waals surface area contributed by atoms with Crippen molar-refractivity contribution >= 4 is 11.9 Å². The van der Waals surface area contributed by atoms with Crippen molar-refractivity contribution in [3.05, 3.63) is 35.6 Å². The second kappa shape index (κ2) is 5.68. The lowest BCUT2D eigenvalue weighted by atomic mass is 9.79. The average Bonchev–Trinajstić information content (AvgIpc) is 2.76. The van der Waals surface area contributed by atoms with Gasteiger partial charge in [0.05, 0.1) is 0 Å². The second-order valence-electron chi connectivity index (χ2n) is 6.29. The molecule has 2 N–H and O–H groups in total. The molecule has 0 bridgehead atoms. The van der Waals surface area contributed by atoms with E-state index in [0.29, 0.717) is 0 Å². The van der Waals surface area contributed by atoms with E-state index >= 15 is 0 Å². The largest absolute Gasteiger partial charge is 0.323 e. The third-order valence-corrected chi connectivity index (χ3v) is 4.80. The molecule has 2 fully saturated rings. The molecule has 1 aromatic carbocycles. The number of nitrogens with one attached hydrogen (secondary N) is 2. The molecule has 22 heavy (non-hydrogen) atoms. The van der Waals surface area contributed by atoms with Crippen LogP contribution in [-0.4, -0.2) is 35.5 Å². The Labute approximate surface area is 128 Å². The van der Waals surface area contributed by atoms with Gasteiger partial charge in [-0.2, -0.15) is 0 Å². The summed E-state index contributed by atoms with van der Waals surface area (Å²) in [5.74, 6) is -0.309. The van der Waals surface area contributed by atoms with Crippen LogP contribution in [0.2, 0.25) is 0 Å². The van der Waals surface area contributed by atoms with E-state index in [1.165, 1.54) is 12.1 Å². The van der Waals surface area contributed by atoms with Crippen LogP contribution in [0.15, 0.2) is 24.3 Å². The molecule has 0 unspecified atom stereocenters. The molecule has 0 spiro atoms. The minimum atomic E-state index is -0.793. The van der Waals surface area contributed by atoms with Gasteiger partial charge in [0.1, 0.15) is 11.4 Å². The maximum atomic E-state index is 12.9. The quantitative estimate of drug-likeness (QED) is 0.835. The van der Waals surface area contributed by atoms with Gasteiger partial charge in [-0.25, -0.2) is 9.18 Å². The molecular weight excluding hydrogens is 285 g/mol. The van der Waals surface area contributed by atoms with Crippen LogP contribution < -0.4 is 10.6 Å². The fraction of sp³-hybridized carbons (Fsp3) is 0.500. The van der Waals surface area contributed by atoms with Crippen molar-refractivity contribution in [2.24, 2.45) is 5.92 Å². The minimum absolute atomic E-state index is 0.142. The Kier molecular flexibility index (Phi) is 3.87. The van der Waals surface area contributed by atoms with Crippen molar-refractivity contribution in [2.75, 3.05) is 13.1 Å². The molecule has 3 amide bonds. The molecule has 2 heterocycles. The first-order chi connectivity index (χ1) is 10.5. The Morgan fingerprint density at radius 3 is 2.41 bits per heavy atom. The number of hydrogen-bond acceptors (Lipinski definition) is 3. The molecule has 5 nitrogen and oxygen atoms in total. The van der Waals surface area contributed by atoms with E-state index < -0.39 is 11.6 Å². The van der Waals surface area contributed by atoms with Gasteiger partial charge in [0, 0.05) is 6.54 Å². The monoisotopic (exact) mass is 305 g/mol. The highest BCUT2D eigenvalue weighted by atomic mass is 19.1. The number of rotatable bonds is 3. The number of nitrogens with zero attached hydrogens (tertiary/aromatic N) is 1. The molecule has 0 aromatic heterocycles. The lowest BCUT2D eigenvalue weighted by molar-refractivity contribution is -0.125. The van der Waals surface area contributed by atoms with Crippen LogP contribution in [0.3, 0.4) is 0 Å². The first-order valence-electron chi connectivity index (χ1n) is 7.58. The van der Waals surface area contributed by atoms with E-state index in [9.17, 15) is 14.0 Å². The van der Waals surface area contributed by atoms with Crippen molar-refractivity contribution in [3.8, 4) is 0 Å². The van der Waals surface area contributed by atoms with Gasteiger partial charge in [-0.1, -0.05) is 12.1 Å². The summed E-state index contributed by atoms with van der Waals surface area (Å²) in [6.45, 7) is 4.30. The SMILES string of the molecule is C[C@@]1(C2CCN(Cc3ccc(F)cc3)CC2)NC(=O)NC1=O. The number of carbonyl (C=O) groups is 2. The molecule has 0 aliphatic carbocycles. The molecule has 1 atom stereocenters. The number of halogens is 1. The summed E-state index contributed by atoms with van der Waals surface area (Å²) >= 11 is 0. The predicted octanol–water partition coefficient (Wildman–Crippen LogP) is 1.64. The lowest BCUT2D eigenvalue weighted by Gasteiger charge is -2.38. The summed E-state index contributed by atoms with van der Waals surface area (Å²) in [7, 11) is 0. The molecule has 3 rings (SSSR count). The van der Waals surface area contributed by atoms with Crippen molar-refractivity contribution in [1.29, 1.82) is 0 Å². The van der Waals surface area contributed by atoms with Gasteiger partial charge < -0.3 is 5.32 Å². The number of likely N-dealkylation sites (tertiary alicyclic amines) is 1. The Hall–Kier alpha value is -1.95. The summed E-state index contributed by atoms with van der Waals surface area (Å²) in [6.07, 6.45) is 1.71. The summed E-state index contributed by atoms with van der Waals surface area (Å²) in [5, 5.41) is 5.08. The number of amides is 3. The molecule has 2 saturated heterocycles. The zero-order valence-corrected chi connectivity index (χ0v) is 12.6. The van der Waals surface area contributed by atoms with Crippen LogP contribution in [0.25, 0.3) is 0 Å². The summed E-state index contributed by atoms with van der Waals surface area (Å²) in [6, 6.07) is 6.14. The zero-order chi connectivity index (χ0) is 15.7. The van der Waals surface area contributed by atoms with Crippen LogP contribution in [0.5, 0.6) is 0 Å². The van der Waals surface area contributed by atoms with E-state index in [0.717, 1.165) is 38.0 Å². The molecular formula is C16H20FN3O2. The van der Waals surface area contributed by atoms with Gasteiger partial charge in [0.2, 0.25) is 0 Å². The van der Waals surface area contributed by atoms with E-state index in [-0.39, 0.29) is 17.6 Å². The van der Waals surface area contributed by atoms with Crippen molar-refractivity contribution in [1.82, 2.24) is 15.5 Å². The minimum Gasteiger partial charge on any atom is -0.323 e. The van der Waals surface area contributed by atoms with Crippen LogP contribution in [0.4, 0.5) is 9.18 Å². The molecule has 2 aliphatic rings. The number of carbonyl (C=O) groups excluding carboxylic acids is 2. The molecule has 0 saturated carbocycles. The highest BCUT2D eigenvalue weighted by Crippen LogP contribution is 2.31. The smallest absolute Gasteiger partial charge is 0.322 e. The number of piperidine rings is 1. The van der Waals surface area contributed by atoms with E-state index in [4.69, 9.17) is 0 Å². The highest BCUT2D eigenvalue weighted by molar-refractivity contribution is 6.06. The van der Waals surface area contributed by atoms with Crippen LogP contribution in [0, 0.1) is 11.7 Å². The maximum Gasteiger partial charge on any atom is 0.322 e. The van der Waals surface area contributed by atoms with Gasteiger partial charge >= 0.3 is 6.03 Å². The Morgan fingerprint density at radius 1 is 1.23 bits per heavy atom. The Morgan fingerprint density at radius 2 is 1.86 bits per heavy atom. The van der Waals surface area contributed by atoms with Crippen molar-refractivity contribution < 1.29 is 14.0 Å². The third kappa shape index (κ3) is 2.83. The zero-order valence-electron chi connectivity index (χ0n) is 12.6. The molecule has 6 heteroatoms. The van der Waals surface area contributed by atoms with Crippen LogP contribution in [-0.2, 0) is 11.3 Å². The number of urea groups is 1. The van der Waals surface area contributed by atoms with Crippen LogP contribution >= 0.6 is 0 Å². The standard InChI is InChI=1S/C16H20FN3O2/c1-16(14(21)18-15(22)19-16)12-6-8-20(9-7-12)10-11-2-4-13(17)5-3-11/h2-5,12H,6-10H2,1H3,(H2,18,19,21,22)/t16-/m0/s1. The van der Waals surface area contributed by atoms with Gasteiger partial charge in [-0.15, -0.1) is 0 Å². The second-order valence-corrected chi connectivity index (χ2v) is 6.29. The van der Waals surface area contributed by atoms with Gasteiger partial charge in [-0.3, -0.25) is 15.0 Å². The van der Waals surface area contributed by atoms with E-state index in [1.807, 2.05) is 0 Å². The fourth-order valence-corrected chi connectivity index (χ4v) is 3.36. The maximum absolute atomic E-state index is 12.9. The Balaban J connectivity index is 1.57. The van der Waals surface area contributed by atoms with Crippen molar-refractivity contribution in [3.63, 3.8) is 0 Å². The first kappa shape index (κ1) is 15.0. The highest BCUT2D eigenvalue weighted by Gasteiger charge is 2.48. The molecule has 1 aromatic rings. The van der Waals surface area contributed by atoms with Gasteiger partial charge in [0.15, 0.2) is 0 Å². The Bertz CT molecular complexity index is 582. The predicted molar refractivity (Wildman–Crippen MR) is 79.5 cm³/mol. The topological polar surface area (TPSA) is 61.4 Å². The third-order valence-electron chi connectivity index (χ3n) is 4.80.